The summed E-state index contributed by atoms with van der Waals surface area (Å²) in [6.45, 7) is 0.656. The van der Waals surface area contributed by atoms with Crippen molar-refractivity contribution in [1.29, 1.82) is 0 Å². The van der Waals surface area contributed by atoms with Crippen molar-refractivity contribution in [2.45, 2.75) is 56.6 Å². The molecule has 4 saturated carbocycles. The summed E-state index contributed by atoms with van der Waals surface area (Å²) in [6, 6.07) is 14.4. The minimum atomic E-state index is -0.578. The Balaban J connectivity index is 1.22. The number of nitrogens with one attached hydrogen (secondary N) is 1. The summed E-state index contributed by atoms with van der Waals surface area (Å²) in [5, 5.41) is 4.00. The topological polar surface area (TPSA) is 61.8 Å². The SMILES string of the molecule is O=C(Nc1ccccc1Cl)[C@@H]1CC(=O)N(CCC23CC4CC(CC(C4)C2)C3)C(=Nc2ccc(Cl)cc2)S1. The molecule has 1 aliphatic heterocycles. The van der Waals surface area contributed by atoms with Crippen LogP contribution in [-0.4, -0.2) is 33.7 Å². The van der Waals surface area contributed by atoms with Crippen LogP contribution in [-0.2, 0) is 9.59 Å². The van der Waals surface area contributed by atoms with Crippen LogP contribution in [0.1, 0.15) is 51.4 Å². The zero-order valence-corrected chi connectivity index (χ0v) is 23.0. The average Bonchev–Trinajstić information content (AvgIpc) is 2.85. The largest absolute Gasteiger partial charge is 0.324 e. The fourth-order valence-electron chi connectivity index (χ4n) is 7.41. The first-order valence-corrected chi connectivity index (χ1v) is 14.9. The van der Waals surface area contributed by atoms with Crippen molar-refractivity contribution in [3.63, 3.8) is 0 Å². The van der Waals surface area contributed by atoms with Crippen LogP contribution >= 0.6 is 35.0 Å². The van der Waals surface area contributed by atoms with E-state index in [9.17, 15) is 9.59 Å². The molecule has 5 nitrogen and oxygen atoms in total. The molecule has 0 aromatic heterocycles. The summed E-state index contributed by atoms with van der Waals surface area (Å²) in [5.74, 6) is 2.33. The van der Waals surface area contributed by atoms with E-state index in [4.69, 9.17) is 28.2 Å². The first-order chi connectivity index (χ1) is 17.9. The molecule has 1 heterocycles. The fraction of sp³-hybridized carbons (Fsp3) is 0.483. The number of amidine groups is 1. The number of hydrogen-bond donors (Lipinski definition) is 1. The van der Waals surface area contributed by atoms with E-state index in [1.807, 2.05) is 29.2 Å². The number of halogens is 2. The van der Waals surface area contributed by atoms with Crippen molar-refractivity contribution >= 4 is 63.3 Å². The van der Waals surface area contributed by atoms with Crippen LogP contribution < -0.4 is 5.32 Å². The van der Waals surface area contributed by atoms with Crippen LogP contribution in [0, 0.1) is 23.2 Å². The summed E-state index contributed by atoms with van der Waals surface area (Å²) in [4.78, 5) is 33.3. The Morgan fingerprint density at radius 2 is 1.65 bits per heavy atom. The number of carbonyl (C=O) groups is 2. The Morgan fingerprint density at radius 1 is 1.00 bits per heavy atom. The van der Waals surface area contributed by atoms with Gasteiger partial charge in [-0.3, -0.25) is 14.5 Å². The zero-order valence-electron chi connectivity index (χ0n) is 20.7. The van der Waals surface area contributed by atoms with Gasteiger partial charge in [-0.25, -0.2) is 4.99 Å². The van der Waals surface area contributed by atoms with Crippen LogP contribution in [0.25, 0.3) is 0 Å². The molecule has 2 aromatic rings. The highest BCUT2D eigenvalue weighted by Crippen LogP contribution is 2.61. The Kier molecular flexibility index (Phi) is 7.02. The summed E-state index contributed by atoms with van der Waals surface area (Å²) in [7, 11) is 0. The van der Waals surface area contributed by atoms with Crippen molar-refractivity contribution in [3.05, 3.63) is 58.6 Å². The lowest BCUT2D eigenvalue weighted by atomic mass is 9.49. The maximum Gasteiger partial charge on any atom is 0.238 e. The number of rotatable bonds is 6. The van der Waals surface area contributed by atoms with Gasteiger partial charge in [-0.2, -0.15) is 0 Å². The van der Waals surface area contributed by atoms with Crippen LogP contribution in [0.4, 0.5) is 11.4 Å². The van der Waals surface area contributed by atoms with Crippen molar-refractivity contribution in [3.8, 4) is 0 Å². The number of nitrogens with zero attached hydrogens (tertiary/aromatic N) is 2. The van der Waals surface area contributed by atoms with Gasteiger partial charge in [0.2, 0.25) is 11.8 Å². The van der Waals surface area contributed by atoms with Crippen molar-refractivity contribution in [2.24, 2.45) is 28.2 Å². The van der Waals surface area contributed by atoms with E-state index < -0.39 is 5.25 Å². The van der Waals surface area contributed by atoms with Gasteiger partial charge < -0.3 is 5.32 Å². The van der Waals surface area contributed by atoms with E-state index in [-0.39, 0.29) is 18.2 Å². The number of benzene rings is 2. The van der Waals surface area contributed by atoms with Gasteiger partial charge in [0.25, 0.3) is 0 Å². The molecule has 194 valence electrons. The first kappa shape index (κ1) is 25.3. The molecule has 2 amide bonds. The number of para-hydroxylation sites is 1. The van der Waals surface area contributed by atoms with Gasteiger partial charge in [-0.05, 0) is 105 Å². The quantitative estimate of drug-likeness (QED) is 0.400. The summed E-state index contributed by atoms with van der Waals surface area (Å²) in [6.07, 6.45) is 9.29. The summed E-state index contributed by atoms with van der Waals surface area (Å²) < 4.78 is 0. The molecule has 7 rings (SSSR count). The van der Waals surface area contributed by atoms with E-state index >= 15 is 0 Å². The zero-order chi connectivity index (χ0) is 25.6. The van der Waals surface area contributed by atoms with Crippen molar-refractivity contribution in [2.75, 3.05) is 11.9 Å². The third-order valence-electron chi connectivity index (χ3n) is 8.65. The van der Waals surface area contributed by atoms with Gasteiger partial charge in [0.1, 0.15) is 5.25 Å². The molecule has 2 aromatic carbocycles. The molecule has 1 atom stereocenters. The predicted molar refractivity (Wildman–Crippen MR) is 152 cm³/mol. The van der Waals surface area contributed by atoms with Crippen molar-refractivity contribution < 1.29 is 9.59 Å². The Morgan fingerprint density at radius 3 is 2.30 bits per heavy atom. The van der Waals surface area contributed by atoms with Crippen LogP contribution in [0.2, 0.25) is 10.0 Å². The highest BCUT2D eigenvalue weighted by molar-refractivity contribution is 8.15. The van der Waals surface area contributed by atoms with Crippen molar-refractivity contribution in [1.82, 2.24) is 4.90 Å². The van der Waals surface area contributed by atoms with E-state index in [1.165, 1.54) is 50.3 Å². The molecule has 0 radical (unpaired) electrons. The lowest BCUT2D eigenvalue weighted by Gasteiger charge is -2.57. The van der Waals surface area contributed by atoms with E-state index in [2.05, 4.69) is 5.32 Å². The summed E-state index contributed by atoms with van der Waals surface area (Å²) in [5.41, 5.74) is 1.62. The predicted octanol–water partition coefficient (Wildman–Crippen LogP) is 7.56. The maximum atomic E-state index is 13.5. The van der Waals surface area contributed by atoms with Crippen LogP contribution in [0.3, 0.4) is 0 Å². The van der Waals surface area contributed by atoms with Gasteiger partial charge in [-0.15, -0.1) is 0 Å². The minimum absolute atomic E-state index is 0.0458. The Bertz CT molecular complexity index is 1200. The molecule has 4 bridgehead atoms. The highest BCUT2D eigenvalue weighted by atomic mass is 35.5. The maximum absolute atomic E-state index is 13.5. The normalized spacial score (nSPS) is 31.7. The first-order valence-electron chi connectivity index (χ1n) is 13.2. The number of anilines is 1. The number of carbonyl (C=O) groups excluding carboxylic acids is 2. The molecule has 0 spiro atoms. The van der Waals surface area contributed by atoms with Crippen LogP contribution in [0.15, 0.2) is 53.5 Å². The third-order valence-corrected chi connectivity index (χ3v) is 10.4. The number of aliphatic imine (C=N–C) groups is 1. The molecule has 0 unspecified atom stereocenters. The lowest BCUT2D eigenvalue weighted by molar-refractivity contribution is -0.130. The molecule has 8 heteroatoms. The van der Waals surface area contributed by atoms with Gasteiger partial charge >= 0.3 is 0 Å². The third kappa shape index (κ3) is 5.43. The second-order valence-corrected chi connectivity index (χ2v) is 13.4. The van der Waals surface area contributed by atoms with E-state index in [1.54, 1.807) is 24.3 Å². The summed E-state index contributed by atoms with van der Waals surface area (Å²) >= 11 is 13.7. The molecule has 1 saturated heterocycles. The molecular formula is C29H31Cl2N3O2S. The number of hydrogen-bond acceptors (Lipinski definition) is 4. The number of thioether (sulfide) groups is 1. The monoisotopic (exact) mass is 555 g/mol. The molecule has 4 aliphatic carbocycles. The molecular weight excluding hydrogens is 525 g/mol. The van der Waals surface area contributed by atoms with Gasteiger partial charge in [-0.1, -0.05) is 47.1 Å². The lowest BCUT2D eigenvalue weighted by Crippen LogP contribution is -2.50. The number of amides is 2. The standard InChI is InChI=1S/C29H31Cl2N3O2S/c30-21-5-7-22(8-6-21)32-28-34(10-9-29-15-18-11-19(16-29)13-20(12-18)17-29)26(35)14-25(37-28)27(36)33-24-4-2-1-3-23(24)31/h1-8,18-20,25H,9-17H2,(H,33,36)/t18?,19?,20?,25-,29?/m0/s1. The fourth-order valence-corrected chi connectivity index (χ4v) is 8.84. The highest BCUT2D eigenvalue weighted by Gasteiger charge is 2.51. The van der Waals surface area contributed by atoms with Crippen LogP contribution in [0.5, 0.6) is 0 Å². The minimum Gasteiger partial charge on any atom is -0.324 e. The molecule has 5 aliphatic rings. The van der Waals surface area contributed by atoms with Gasteiger partial charge in [0, 0.05) is 18.0 Å². The Labute approximate surface area is 232 Å². The molecule has 37 heavy (non-hydrogen) atoms. The second-order valence-electron chi connectivity index (χ2n) is 11.4. The van der Waals surface area contributed by atoms with E-state index in [0.717, 1.165) is 24.2 Å². The van der Waals surface area contributed by atoms with E-state index in [0.29, 0.717) is 38.5 Å². The van der Waals surface area contributed by atoms with Gasteiger partial charge in [0.15, 0.2) is 5.17 Å². The molecule has 1 N–H and O–H groups in total. The Hall–Kier alpha value is -2.02. The van der Waals surface area contributed by atoms with Gasteiger partial charge in [0.05, 0.1) is 16.4 Å². The molecule has 5 fully saturated rings. The smallest absolute Gasteiger partial charge is 0.238 e. The second kappa shape index (κ2) is 10.3. The average molecular weight is 557 g/mol.